The third-order valence-corrected chi connectivity index (χ3v) is 5.15. The molecule has 1 fully saturated rings. The van der Waals surface area contributed by atoms with E-state index in [0.29, 0.717) is 24.8 Å². The molecule has 1 amide bonds. The Labute approximate surface area is 194 Å². The maximum atomic E-state index is 12.2. The Balaban J connectivity index is 1.72. The summed E-state index contributed by atoms with van der Waals surface area (Å²) in [7, 11) is 1.59. The van der Waals surface area contributed by atoms with Gasteiger partial charge < -0.3 is 24.4 Å². The predicted octanol–water partition coefficient (Wildman–Crippen LogP) is 3.71. The van der Waals surface area contributed by atoms with E-state index in [1.54, 1.807) is 13.3 Å². The first-order chi connectivity index (χ1) is 15.2. The molecule has 9 nitrogen and oxygen atoms in total. The molecule has 1 N–H and O–H groups in total. The number of carbonyl (C=O) groups is 1. The number of methoxy groups -OCH3 is 1. The molecule has 0 unspecified atom stereocenters. The number of hydrogen-bond donors (Lipinski definition) is 1. The maximum Gasteiger partial charge on any atom is 0.407 e. The predicted molar refractivity (Wildman–Crippen MR) is 123 cm³/mol. The lowest BCUT2D eigenvalue weighted by atomic mass is 10.0. The van der Waals surface area contributed by atoms with Gasteiger partial charge in [-0.25, -0.2) is 9.78 Å². The van der Waals surface area contributed by atoms with E-state index in [9.17, 15) is 4.79 Å². The minimum Gasteiger partial charge on any atom is -0.444 e. The van der Waals surface area contributed by atoms with Gasteiger partial charge in [-0.2, -0.15) is 5.10 Å². The quantitative estimate of drug-likeness (QED) is 0.361. The van der Waals surface area contributed by atoms with Crippen LogP contribution in [0.4, 0.5) is 10.5 Å². The first kappa shape index (κ1) is 24.3. The van der Waals surface area contributed by atoms with Gasteiger partial charge in [-0.15, -0.1) is 0 Å². The van der Waals surface area contributed by atoms with Gasteiger partial charge in [0.1, 0.15) is 17.5 Å². The molecule has 3 rings (SSSR count). The molecular weight excluding hydrogens is 434 g/mol. The number of nitrogens with one attached hydrogen (secondary N) is 1. The second kappa shape index (κ2) is 11.0. The van der Waals surface area contributed by atoms with Crippen molar-refractivity contribution >= 4 is 23.4 Å². The monoisotopic (exact) mass is 465 g/mol. The van der Waals surface area contributed by atoms with Crippen LogP contribution < -0.4 is 10.2 Å². The van der Waals surface area contributed by atoms with E-state index in [0.717, 1.165) is 36.2 Å². The van der Waals surface area contributed by atoms with Gasteiger partial charge in [0.25, 0.3) is 0 Å². The normalized spacial score (nSPS) is 16.8. The summed E-state index contributed by atoms with van der Waals surface area (Å²) in [6.45, 7) is 8.46. The average molecular weight is 466 g/mol. The van der Waals surface area contributed by atoms with Gasteiger partial charge in [0.2, 0.25) is 0 Å². The third kappa shape index (κ3) is 7.08. The SMILES string of the molecule is COCOCCn1cc(-c2cnc(Cl)cc2N2CCC[C@H](NC(=O)OC(C)(C)C)C2)cn1. The Morgan fingerprint density at radius 1 is 1.34 bits per heavy atom. The van der Waals surface area contributed by atoms with Gasteiger partial charge >= 0.3 is 6.09 Å². The topological polar surface area (TPSA) is 90.7 Å². The number of ether oxygens (including phenoxy) is 3. The number of rotatable bonds is 8. The zero-order valence-electron chi connectivity index (χ0n) is 19.1. The lowest BCUT2D eigenvalue weighted by Gasteiger charge is -2.36. The Bertz CT molecular complexity index is 899. The number of pyridine rings is 1. The number of alkyl carbamates (subject to hydrolysis) is 1. The van der Waals surface area contributed by atoms with Gasteiger partial charge in [-0.3, -0.25) is 4.68 Å². The van der Waals surface area contributed by atoms with Crippen molar-refractivity contribution < 1.29 is 19.0 Å². The summed E-state index contributed by atoms with van der Waals surface area (Å²) in [5, 5.41) is 7.85. The van der Waals surface area contributed by atoms with Gasteiger partial charge in [0, 0.05) is 55.4 Å². The fourth-order valence-electron chi connectivity index (χ4n) is 3.62. The van der Waals surface area contributed by atoms with Gasteiger partial charge in [-0.05, 0) is 39.7 Å². The molecule has 1 aliphatic rings. The van der Waals surface area contributed by atoms with Crippen LogP contribution in [-0.2, 0) is 20.8 Å². The van der Waals surface area contributed by atoms with Crippen LogP contribution in [0.25, 0.3) is 11.1 Å². The van der Waals surface area contributed by atoms with Gasteiger partial charge in [-0.1, -0.05) is 11.6 Å². The fraction of sp³-hybridized carbons (Fsp3) is 0.591. The number of halogens is 1. The molecule has 1 aliphatic heterocycles. The zero-order valence-corrected chi connectivity index (χ0v) is 19.9. The highest BCUT2D eigenvalue weighted by atomic mass is 35.5. The number of aromatic nitrogens is 3. The molecule has 1 saturated heterocycles. The molecule has 0 aliphatic carbocycles. The minimum absolute atomic E-state index is 0.0148. The van der Waals surface area contributed by atoms with Crippen LogP contribution in [0.15, 0.2) is 24.7 Å². The van der Waals surface area contributed by atoms with Crippen molar-refractivity contribution in [1.82, 2.24) is 20.1 Å². The number of nitrogens with zero attached hydrogens (tertiary/aromatic N) is 4. The molecule has 2 aromatic rings. The second-order valence-electron chi connectivity index (χ2n) is 8.76. The number of amides is 1. The van der Waals surface area contributed by atoms with E-state index >= 15 is 0 Å². The molecule has 0 saturated carbocycles. The Morgan fingerprint density at radius 3 is 2.91 bits per heavy atom. The van der Waals surface area contributed by atoms with Crippen molar-refractivity contribution in [2.45, 2.75) is 51.8 Å². The van der Waals surface area contributed by atoms with Crippen LogP contribution in [0.1, 0.15) is 33.6 Å². The van der Waals surface area contributed by atoms with Crippen molar-refractivity contribution in [1.29, 1.82) is 0 Å². The minimum atomic E-state index is -0.529. The summed E-state index contributed by atoms with van der Waals surface area (Å²) in [4.78, 5) is 18.7. The molecular formula is C22H32ClN5O4. The summed E-state index contributed by atoms with van der Waals surface area (Å²) in [6.07, 6.45) is 6.98. The standard InChI is InChI=1S/C22H32ClN5O4/c1-22(2,3)32-21(29)26-17-6-5-7-27(14-17)19-10-20(23)24-12-18(19)16-11-25-28(13-16)8-9-31-15-30-4/h10-13,17H,5-9,14-15H2,1-4H3,(H,26,29)/t17-/m0/s1. The highest BCUT2D eigenvalue weighted by Crippen LogP contribution is 2.33. The lowest BCUT2D eigenvalue weighted by Crippen LogP contribution is -2.49. The molecule has 0 aromatic carbocycles. The van der Waals surface area contributed by atoms with E-state index in [2.05, 4.69) is 20.3 Å². The third-order valence-electron chi connectivity index (χ3n) is 4.94. The molecule has 2 aromatic heterocycles. The Hall–Kier alpha value is -2.36. The number of anilines is 1. The van der Waals surface area contributed by atoms with Gasteiger partial charge in [0.15, 0.2) is 0 Å². The van der Waals surface area contributed by atoms with E-state index in [4.69, 9.17) is 25.8 Å². The Morgan fingerprint density at radius 2 is 2.16 bits per heavy atom. The second-order valence-corrected chi connectivity index (χ2v) is 9.15. The molecule has 1 atom stereocenters. The van der Waals surface area contributed by atoms with Crippen LogP contribution in [0.5, 0.6) is 0 Å². The molecule has 176 valence electrons. The van der Waals surface area contributed by atoms with Crippen LogP contribution in [-0.4, -0.2) is 66.1 Å². The van der Waals surface area contributed by atoms with Crippen molar-refractivity contribution in [3.63, 3.8) is 0 Å². The molecule has 0 radical (unpaired) electrons. The average Bonchev–Trinajstić information content (AvgIpc) is 3.18. The summed E-state index contributed by atoms with van der Waals surface area (Å²) < 4.78 is 17.5. The summed E-state index contributed by atoms with van der Waals surface area (Å²) >= 11 is 6.24. The fourth-order valence-corrected chi connectivity index (χ4v) is 3.77. The number of piperidine rings is 1. The summed E-state index contributed by atoms with van der Waals surface area (Å²) in [6, 6.07) is 1.85. The maximum absolute atomic E-state index is 12.2. The van der Waals surface area contributed by atoms with Crippen LogP contribution in [0.2, 0.25) is 5.15 Å². The Kier molecular flexibility index (Phi) is 8.33. The van der Waals surface area contributed by atoms with E-state index in [1.807, 2.05) is 43.9 Å². The van der Waals surface area contributed by atoms with Crippen LogP contribution >= 0.6 is 11.6 Å². The molecule has 0 bridgehead atoms. The van der Waals surface area contributed by atoms with Crippen molar-refractivity contribution in [3.05, 3.63) is 29.8 Å². The highest BCUT2D eigenvalue weighted by Gasteiger charge is 2.26. The molecule has 0 spiro atoms. The van der Waals surface area contributed by atoms with Crippen molar-refractivity contribution in [2.24, 2.45) is 0 Å². The number of hydrogen-bond acceptors (Lipinski definition) is 7. The van der Waals surface area contributed by atoms with Crippen molar-refractivity contribution in [3.8, 4) is 11.1 Å². The molecule has 32 heavy (non-hydrogen) atoms. The number of carbonyl (C=O) groups excluding carboxylic acids is 1. The summed E-state index contributed by atoms with van der Waals surface area (Å²) in [5.41, 5.74) is 2.32. The zero-order chi connectivity index (χ0) is 23.1. The highest BCUT2D eigenvalue weighted by molar-refractivity contribution is 6.29. The van der Waals surface area contributed by atoms with Crippen LogP contribution in [0, 0.1) is 0 Å². The smallest absolute Gasteiger partial charge is 0.407 e. The van der Waals surface area contributed by atoms with E-state index in [1.165, 1.54) is 0 Å². The molecule has 10 heteroatoms. The lowest BCUT2D eigenvalue weighted by molar-refractivity contribution is -0.0336. The van der Waals surface area contributed by atoms with Crippen LogP contribution in [0.3, 0.4) is 0 Å². The van der Waals surface area contributed by atoms with Crippen molar-refractivity contribution in [2.75, 3.05) is 38.5 Å². The van der Waals surface area contributed by atoms with E-state index < -0.39 is 11.7 Å². The largest absolute Gasteiger partial charge is 0.444 e. The van der Waals surface area contributed by atoms with E-state index in [-0.39, 0.29) is 12.8 Å². The van der Waals surface area contributed by atoms with Gasteiger partial charge in [0.05, 0.1) is 19.3 Å². The molecule has 3 heterocycles. The first-order valence-electron chi connectivity index (χ1n) is 10.7. The summed E-state index contributed by atoms with van der Waals surface area (Å²) in [5.74, 6) is 0. The first-order valence-corrected chi connectivity index (χ1v) is 11.1.